The van der Waals surface area contributed by atoms with E-state index in [0.29, 0.717) is 5.92 Å². The second-order valence-corrected chi connectivity index (χ2v) is 5.16. The maximum absolute atomic E-state index is 9.89. The second kappa shape index (κ2) is 6.29. The van der Waals surface area contributed by atoms with Gasteiger partial charge in [-0.3, -0.25) is 4.90 Å². The molecule has 0 aliphatic carbocycles. The highest BCUT2D eigenvalue weighted by Gasteiger charge is 2.26. The van der Waals surface area contributed by atoms with Crippen LogP contribution in [0.4, 0.5) is 0 Å². The standard InChI is InChI=1S/C13H24N4O/c1-3-6-17-13(14-10-15-17)9-16-7-5-12(18)11(4-2)8-16/h10-12,18H,3-9H2,1-2H3. The molecule has 0 saturated carbocycles. The van der Waals surface area contributed by atoms with Gasteiger partial charge in [0.2, 0.25) is 0 Å². The van der Waals surface area contributed by atoms with Gasteiger partial charge in [0.1, 0.15) is 12.2 Å². The van der Waals surface area contributed by atoms with Crippen molar-refractivity contribution in [3.05, 3.63) is 12.2 Å². The molecule has 2 heterocycles. The van der Waals surface area contributed by atoms with Gasteiger partial charge in [0.05, 0.1) is 12.6 Å². The fourth-order valence-electron chi connectivity index (χ4n) is 2.65. The van der Waals surface area contributed by atoms with E-state index >= 15 is 0 Å². The van der Waals surface area contributed by atoms with Crippen molar-refractivity contribution in [1.82, 2.24) is 19.7 Å². The lowest BCUT2D eigenvalue weighted by molar-refractivity contribution is 0.0208. The van der Waals surface area contributed by atoms with Crippen LogP contribution in [0.5, 0.6) is 0 Å². The van der Waals surface area contributed by atoms with Crippen molar-refractivity contribution in [1.29, 1.82) is 0 Å². The Balaban J connectivity index is 1.94. The molecule has 0 bridgehead atoms. The number of aryl methyl sites for hydroxylation is 1. The van der Waals surface area contributed by atoms with Gasteiger partial charge in [-0.2, -0.15) is 5.10 Å². The molecule has 2 unspecified atom stereocenters. The molecule has 0 radical (unpaired) electrons. The third kappa shape index (κ3) is 3.09. The van der Waals surface area contributed by atoms with Gasteiger partial charge in [0.15, 0.2) is 0 Å². The Morgan fingerprint density at radius 3 is 3.00 bits per heavy atom. The molecule has 5 heteroatoms. The minimum absolute atomic E-state index is 0.125. The number of aromatic nitrogens is 3. The Hall–Kier alpha value is -0.940. The Labute approximate surface area is 109 Å². The molecule has 0 spiro atoms. The number of nitrogens with zero attached hydrogens (tertiary/aromatic N) is 4. The summed E-state index contributed by atoms with van der Waals surface area (Å²) >= 11 is 0. The lowest BCUT2D eigenvalue weighted by atomic mass is 9.92. The second-order valence-electron chi connectivity index (χ2n) is 5.16. The summed E-state index contributed by atoms with van der Waals surface area (Å²) in [6.07, 6.45) is 4.51. The molecule has 1 aromatic heterocycles. The number of hydrogen-bond donors (Lipinski definition) is 1. The smallest absolute Gasteiger partial charge is 0.141 e. The van der Waals surface area contributed by atoms with Crippen molar-refractivity contribution < 1.29 is 5.11 Å². The van der Waals surface area contributed by atoms with Crippen LogP contribution >= 0.6 is 0 Å². The van der Waals surface area contributed by atoms with Crippen LogP contribution in [-0.4, -0.2) is 44.0 Å². The maximum atomic E-state index is 9.89. The zero-order chi connectivity index (χ0) is 13.0. The first-order valence-corrected chi connectivity index (χ1v) is 7.01. The normalized spacial score (nSPS) is 25.5. The van der Waals surface area contributed by atoms with E-state index in [1.165, 1.54) is 0 Å². The molecule has 1 aliphatic rings. The van der Waals surface area contributed by atoms with Crippen LogP contribution in [0.15, 0.2) is 6.33 Å². The fourth-order valence-corrected chi connectivity index (χ4v) is 2.65. The van der Waals surface area contributed by atoms with E-state index in [2.05, 4.69) is 28.8 Å². The summed E-state index contributed by atoms with van der Waals surface area (Å²) < 4.78 is 1.99. The lowest BCUT2D eigenvalue weighted by Crippen LogP contribution is -2.42. The van der Waals surface area contributed by atoms with Crippen molar-refractivity contribution in [3.8, 4) is 0 Å². The summed E-state index contributed by atoms with van der Waals surface area (Å²) in [6, 6.07) is 0. The van der Waals surface area contributed by atoms with Crippen LogP contribution < -0.4 is 0 Å². The summed E-state index contributed by atoms with van der Waals surface area (Å²) in [6.45, 7) is 8.01. The van der Waals surface area contributed by atoms with Crippen LogP contribution in [0, 0.1) is 5.92 Å². The lowest BCUT2D eigenvalue weighted by Gasteiger charge is -2.35. The number of likely N-dealkylation sites (tertiary alicyclic amines) is 1. The minimum atomic E-state index is -0.125. The van der Waals surface area contributed by atoms with E-state index < -0.39 is 0 Å². The van der Waals surface area contributed by atoms with Crippen LogP contribution in [0.25, 0.3) is 0 Å². The highest BCUT2D eigenvalue weighted by Crippen LogP contribution is 2.21. The van der Waals surface area contributed by atoms with Crippen LogP contribution in [0.2, 0.25) is 0 Å². The SMILES string of the molecule is CCCn1ncnc1CN1CCC(O)C(CC)C1. The molecule has 1 aromatic rings. The van der Waals surface area contributed by atoms with Crippen molar-refractivity contribution >= 4 is 0 Å². The predicted octanol–water partition coefficient (Wildman–Crippen LogP) is 1.28. The maximum Gasteiger partial charge on any atom is 0.141 e. The molecule has 0 amide bonds. The van der Waals surface area contributed by atoms with E-state index in [-0.39, 0.29) is 6.10 Å². The topological polar surface area (TPSA) is 54.2 Å². The van der Waals surface area contributed by atoms with Gasteiger partial charge in [0.25, 0.3) is 0 Å². The van der Waals surface area contributed by atoms with E-state index in [9.17, 15) is 5.11 Å². The highest BCUT2D eigenvalue weighted by molar-refractivity contribution is 4.88. The molecule has 18 heavy (non-hydrogen) atoms. The first-order valence-electron chi connectivity index (χ1n) is 7.01. The quantitative estimate of drug-likeness (QED) is 0.857. The third-order valence-electron chi connectivity index (χ3n) is 3.80. The zero-order valence-corrected chi connectivity index (χ0v) is 11.4. The summed E-state index contributed by atoms with van der Waals surface area (Å²) in [7, 11) is 0. The summed E-state index contributed by atoms with van der Waals surface area (Å²) in [5.41, 5.74) is 0. The van der Waals surface area contributed by atoms with E-state index in [4.69, 9.17) is 0 Å². The van der Waals surface area contributed by atoms with Crippen LogP contribution in [0.1, 0.15) is 38.9 Å². The summed E-state index contributed by atoms with van der Waals surface area (Å²) in [5, 5.41) is 14.1. The number of aliphatic hydroxyl groups excluding tert-OH is 1. The minimum Gasteiger partial charge on any atom is -0.393 e. The van der Waals surface area contributed by atoms with E-state index in [1.54, 1.807) is 6.33 Å². The van der Waals surface area contributed by atoms with Gasteiger partial charge in [-0.15, -0.1) is 0 Å². The number of rotatable bonds is 5. The zero-order valence-electron chi connectivity index (χ0n) is 11.4. The summed E-state index contributed by atoms with van der Waals surface area (Å²) in [4.78, 5) is 6.73. The molecule has 1 fully saturated rings. The molecular formula is C13H24N4O. The molecular weight excluding hydrogens is 228 g/mol. The molecule has 2 rings (SSSR count). The van der Waals surface area contributed by atoms with Crippen molar-refractivity contribution in [2.75, 3.05) is 13.1 Å². The Bertz CT molecular complexity index is 366. The van der Waals surface area contributed by atoms with Crippen LogP contribution in [-0.2, 0) is 13.1 Å². The van der Waals surface area contributed by atoms with Gasteiger partial charge in [0, 0.05) is 19.6 Å². The fraction of sp³-hybridized carbons (Fsp3) is 0.846. The predicted molar refractivity (Wildman–Crippen MR) is 70.0 cm³/mol. The average molecular weight is 252 g/mol. The van der Waals surface area contributed by atoms with Gasteiger partial charge in [-0.25, -0.2) is 9.67 Å². The molecule has 1 saturated heterocycles. The van der Waals surface area contributed by atoms with Crippen molar-refractivity contribution in [2.24, 2.45) is 5.92 Å². The highest BCUT2D eigenvalue weighted by atomic mass is 16.3. The van der Waals surface area contributed by atoms with E-state index in [1.807, 2.05) is 4.68 Å². The largest absolute Gasteiger partial charge is 0.393 e. The van der Waals surface area contributed by atoms with Crippen molar-refractivity contribution in [3.63, 3.8) is 0 Å². The molecule has 5 nitrogen and oxygen atoms in total. The molecule has 2 atom stereocenters. The first kappa shape index (κ1) is 13.5. The number of aliphatic hydroxyl groups is 1. The van der Waals surface area contributed by atoms with Gasteiger partial charge >= 0.3 is 0 Å². The molecule has 1 N–H and O–H groups in total. The van der Waals surface area contributed by atoms with E-state index in [0.717, 1.165) is 51.3 Å². The molecule has 1 aliphatic heterocycles. The van der Waals surface area contributed by atoms with Gasteiger partial charge in [-0.05, 0) is 25.2 Å². The number of piperidine rings is 1. The number of hydrogen-bond acceptors (Lipinski definition) is 4. The van der Waals surface area contributed by atoms with Crippen molar-refractivity contribution in [2.45, 2.75) is 52.3 Å². The molecule has 102 valence electrons. The Morgan fingerprint density at radius 1 is 1.44 bits per heavy atom. The van der Waals surface area contributed by atoms with Gasteiger partial charge in [-0.1, -0.05) is 13.8 Å². The monoisotopic (exact) mass is 252 g/mol. The summed E-state index contributed by atoms with van der Waals surface area (Å²) in [5.74, 6) is 1.45. The third-order valence-corrected chi connectivity index (χ3v) is 3.80. The van der Waals surface area contributed by atoms with Crippen LogP contribution in [0.3, 0.4) is 0 Å². The first-order chi connectivity index (χ1) is 8.74. The Morgan fingerprint density at radius 2 is 2.28 bits per heavy atom. The average Bonchev–Trinajstić information content (AvgIpc) is 2.80. The molecule has 0 aromatic carbocycles. The Kier molecular flexibility index (Phi) is 4.72. The van der Waals surface area contributed by atoms with Gasteiger partial charge < -0.3 is 5.11 Å².